The van der Waals surface area contributed by atoms with Crippen LogP contribution in [-0.2, 0) is 10.0 Å². The van der Waals surface area contributed by atoms with Gasteiger partial charge >= 0.3 is 0 Å². The van der Waals surface area contributed by atoms with Crippen LogP contribution < -0.4 is 5.32 Å². The van der Waals surface area contributed by atoms with E-state index in [0.29, 0.717) is 4.90 Å². The second-order valence-electron chi connectivity index (χ2n) is 5.01. The predicted octanol–water partition coefficient (Wildman–Crippen LogP) is 2.68. The van der Waals surface area contributed by atoms with Crippen LogP contribution >= 0.6 is 0 Å². The van der Waals surface area contributed by atoms with Crippen molar-refractivity contribution in [1.29, 1.82) is 0 Å². The highest BCUT2D eigenvalue weighted by Crippen LogP contribution is 2.27. The maximum atomic E-state index is 12.5. The van der Waals surface area contributed by atoms with Gasteiger partial charge in [-0.25, -0.2) is 8.42 Å². The molecule has 0 saturated heterocycles. The standard InChI is InChI=1S/C14H22N2O2S/c1-3-15-12-8-10-14(11-9-12)19(17,18)16(2)13-6-4-5-7-13/h8-11,13,15H,3-7H2,1-2H3. The van der Waals surface area contributed by atoms with Crippen LogP contribution in [0.1, 0.15) is 32.6 Å². The van der Waals surface area contributed by atoms with Crippen molar-refractivity contribution in [3.05, 3.63) is 24.3 Å². The van der Waals surface area contributed by atoms with E-state index in [2.05, 4.69) is 5.32 Å². The van der Waals surface area contributed by atoms with E-state index in [4.69, 9.17) is 0 Å². The minimum absolute atomic E-state index is 0.165. The first-order valence-electron chi connectivity index (χ1n) is 6.87. The smallest absolute Gasteiger partial charge is 0.243 e. The second-order valence-corrected chi connectivity index (χ2v) is 7.01. The maximum absolute atomic E-state index is 12.5. The Kier molecular flexibility index (Phi) is 4.47. The van der Waals surface area contributed by atoms with Crippen LogP contribution in [0.2, 0.25) is 0 Å². The first-order valence-corrected chi connectivity index (χ1v) is 8.31. The van der Waals surface area contributed by atoms with Crippen molar-refractivity contribution in [2.45, 2.75) is 43.5 Å². The van der Waals surface area contributed by atoms with Crippen molar-refractivity contribution < 1.29 is 8.42 Å². The highest BCUT2D eigenvalue weighted by Gasteiger charge is 2.29. The van der Waals surface area contributed by atoms with Crippen molar-refractivity contribution in [1.82, 2.24) is 4.31 Å². The highest BCUT2D eigenvalue weighted by molar-refractivity contribution is 7.89. The predicted molar refractivity (Wildman–Crippen MR) is 77.8 cm³/mol. The summed E-state index contributed by atoms with van der Waals surface area (Å²) in [5.74, 6) is 0. The molecule has 0 radical (unpaired) electrons. The van der Waals surface area contributed by atoms with Crippen LogP contribution in [0.5, 0.6) is 0 Å². The normalized spacial score (nSPS) is 17.0. The first-order chi connectivity index (χ1) is 9.05. The summed E-state index contributed by atoms with van der Waals surface area (Å²) in [5, 5.41) is 3.16. The van der Waals surface area contributed by atoms with E-state index in [-0.39, 0.29) is 6.04 Å². The molecule has 1 fully saturated rings. The molecule has 0 aliphatic heterocycles. The third-order valence-corrected chi connectivity index (χ3v) is 5.68. The lowest BCUT2D eigenvalue weighted by atomic mass is 10.3. The molecule has 1 aromatic carbocycles. The molecular formula is C14H22N2O2S. The van der Waals surface area contributed by atoms with E-state index in [9.17, 15) is 8.42 Å². The van der Waals surface area contributed by atoms with Gasteiger partial charge in [-0.3, -0.25) is 0 Å². The van der Waals surface area contributed by atoms with Crippen LogP contribution in [0.4, 0.5) is 5.69 Å². The number of hydrogen-bond donors (Lipinski definition) is 1. The van der Waals surface area contributed by atoms with E-state index in [1.165, 1.54) is 0 Å². The Hall–Kier alpha value is -1.07. The average molecular weight is 282 g/mol. The summed E-state index contributed by atoms with van der Waals surface area (Å²) in [7, 11) is -1.65. The molecule has 0 aromatic heterocycles. The van der Waals surface area contributed by atoms with Gasteiger partial charge in [-0.2, -0.15) is 4.31 Å². The SMILES string of the molecule is CCNc1ccc(S(=O)(=O)N(C)C2CCCC2)cc1. The molecule has 1 aliphatic rings. The van der Waals surface area contributed by atoms with Gasteiger partial charge in [-0.1, -0.05) is 12.8 Å². The molecule has 1 N–H and O–H groups in total. The fraction of sp³-hybridized carbons (Fsp3) is 0.571. The zero-order valence-electron chi connectivity index (χ0n) is 11.6. The van der Waals surface area contributed by atoms with Gasteiger partial charge in [0, 0.05) is 25.3 Å². The Bertz CT molecular complexity index is 505. The fourth-order valence-electron chi connectivity index (χ4n) is 2.58. The number of anilines is 1. The molecule has 0 unspecified atom stereocenters. The molecule has 4 nitrogen and oxygen atoms in total. The number of rotatable bonds is 5. The van der Waals surface area contributed by atoms with Crippen molar-refractivity contribution in [2.24, 2.45) is 0 Å². The average Bonchev–Trinajstić information content (AvgIpc) is 2.92. The molecule has 1 aromatic rings. The minimum atomic E-state index is -3.35. The number of nitrogens with one attached hydrogen (secondary N) is 1. The van der Waals surface area contributed by atoms with Gasteiger partial charge in [-0.15, -0.1) is 0 Å². The van der Waals surface area contributed by atoms with E-state index in [0.717, 1.165) is 37.9 Å². The van der Waals surface area contributed by atoms with Crippen molar-refractivity contribution in [2.75, 3.05) is 18.9 Å². The molecule has 0 bridgehead atoms. The van der Waals surface area contributed by atoms with E-state index in [1.807, 2.05) is 19.1 Å². The maximum Gasteiger partial charge on any atom is 0.243 e. The lowest BCUT2D eigenvalue weighted by molar-refractivity contribution is 0.373. The number of hydrogen-bond acceptors (Lipinski definition) is 3. The quantitative estimate of drug-likeness (QED) is 0.903. The summed E-state index contributed by atoms with van der Waals surface area (Å²) in [4.78, 5) is 0.378. The molecule has 106 valence electrons. The Morgan fingerprint density at radius 2 is 1.79 bits per heavy atom. The lowest BCUT2D eigenvalue weighted by Crippen LogP contribution is -2.35. The second kappa shape index (κ2) is 5.92. The van der Waals surface area contributed by atoms with Gasteiger partial charge in [-0.05, 0) is 44.0 Å². The molecule has 0 spiro atoms. The van der Waals surface area contributed by atoms with E-state index >= 15 is 0 Å². The number of nitrogens with zero attached hydrogens (tertiary/aromatic N) is 1. The van der Waals surface area contributed by atoms with E-state index < -0.39 is 10.0 Å². The zero-order valence-corrected chi connectivity index (χ0v) is 12.4. The molecule has 19 heavy (non-hydrogen) atoms. The third-order valence-electron chi connectivity index (χ3n) is 3.75. The van der Waals surface area contributed by atoms with Gasteiger partial charge < -0.3 is 5.32 Å². The Balaban J connectivity index is 2.18. The molecule has 0 amide bonds. The molecular weight excluding hydrogens is 260 g/mol. The van der Waals surface area contributed by atoms with Crippen molar-refractivity contribution in [3.63, 3.8) is 0 Å². The van der Waals surface area contributed by atoms with Crippen molar-refractivity contribution in [3.8, 4) is 0 Å². The summed E-state index contributed by atoms with van der Waals surface area (Å²) in [6.07, 6.45) is 4.21. The molecule has 1 saturated carbocycles. The van der Waals surface area contributed by atoms with Crippen LogP contribution in [-0.4, -0.2) is 32.4 Å². The molecule has 2 rings (SSSR count). The van der Waals surface area contributed by atoms with Crippen LogP contribution in [0, 0.1) is 0 Å². The van der Waals surface area contributed by atoms with Gasteiger partial charge in [0.1, 0.15) is 0 Å². The lowest BCUT2D eigenvalue weighted by Gasteiger charge is -2.23. The molecule has 1 aliphatic carbocycles. The molecule has 0 atom stereocenters. The largest absolute Gasteiger partial charge is 0.385 e. The highest BCUT2D eigenvalue weighted by atomic mass is 32.2. The van der Waals surface area contributed by atoms with Crippen LogP contribution in [0.3, 0.4) is 0 Å². The summed E-state index contributed by atoms with van der Waals surface area (Å²) in [5.41, 5.74) is 0.949. The number of sulfonamides is 1. The van der Waals surface area contributed by atoms with Crippen molar-refractivity contribution >= 4 is 15.7 Å². The monoisotopic (exact) mass is 282 g/mol. The number of benzene rings is 1. The van der Waals surface area contributed by atoms with Gasteiger partial charge in [0.05, 0.1) is 4.90 Å². The summed E-state index contributed by atoms with van der Waals surface area (Å²) < 4.78 is 26.5. The topological polar surface area (TPSA) is 49.4 Å². The van der Waals surface area contributed by atoms with Gasteiger partial charge in [0.15, 0.2) is 0 Å². The fourth-order valence-corrected chi connectivity index (χ4v) is 4.00. The Morgan fingerprint density at radius 1 is 1.21 bits per heavy atom. The Labute approximate surface area is 115 Å². The van der Waals surface area contributed by atoms with Crippen LogP contribution in [0.15, 0.2) is 29.2 Å². The van der Waals surface area contributed by atoms with Gasteiger partial charge in [0.25, 0.3) is 0 Å². The molecule has 5 heteroatoms. The third kappa shape index (κ3) is 3.09. The summed E-state index contributed by atoms with van der Waals surface area (Å²) in [6.45, 7) is 2.84. The molecule has 0 heterocycles. The zero-order chi connectivity index (χ0) is 13.9. The van der Waals surface area contributed by atoms with Crippen LogP contribution in [0.25, 0.3) is 0 Å². The minimum Gasteiger partial charge on any atom is -0.385 e. The van der Waals surface area contributed by atoms with E-state index in [1.54, 1.807) is 23.5 Å². The summed E-state index contributed by atoms with van der Waals surface area (Å²) >= 11 is 0. The van der Waals surface area contributed by atoms with Gasteiger partial charge in [0.2, 0.25) is 10.0 Å². The Morgan fingerprint density at radius 3 is 2.32 bits per heavy atom. The summed E-state index contributed by atoms with van der Waals surface area (Å²) in [6, 6.07) is 7.16. The first kappa shape index (κ1) is 14.3.